The number of rotatable bonds is 2. The Morgan fingerprint density at radius 1 is 1.38 bits per heavy atom. The van der Waals surface area contributed by atoms with Crippen LogP contribution in [0.2, 0.25) is 4.64 Å². The fourth-order valence-corrected chi connectivity index (χ4v) is 0.833. The van der Waals surface area contributed by atoms with Crippen LogP contribution in [-0.4, -0.2) is 12.1 Å². The SMILES string of the molecule is CC(C)(C)NC[CH2][Ta]. The van der Waals surface area contributed by atoms with Crippen molar-refractivity contribution in [3.63, 3.8) is 0 Å². The van der Waals surface area contributed by atoms with Crippen LogP contribution in [0.5, 0.6) is 0 Å². The minimum atomic E-state index is 0.319. The van der Waals surface area contributed by atoms with Gasteiger partial charge < -0.3 is 0 Å². The van der Waals surface area contributed by atoms with Gasteiger partial charge in [0.15, 0.2) is 0 Å². The molecule has 2 heteroatoms. The first-order valence-corrected chi connectivity index (χ1v) is 5.19. The van der Waals surface area contributed by atoms with Crippen LogP contribution in [0, 0.1) is 0 Å². The molecule has 0 aromatic carbocycles. The van der Waals surface area contributed by atoms with Gasteiger partial charge in [0.05, 0.1) is 0 Å². The Bertz CT molecular complexity index is 56.0. The second-order valence-electron chi connectivity index (χ2n) is 2.90. The summed E-state index contributed by atoms with van der Waals surface area (Å²) in [7, 11) is 0. The molecule has 48 valence electrons. The molecular formula is C6H14NTa. The van der Waals surface area contributed by atoms with Gasteiger partial charge in [-0.25, -0.2) is 0 Å². The molecule has 0 spiro atoms. The van der Waals surface area contributed by atoms with Crippen LogP contribution in [0.1, 0.15) is 20.8 Å². The molecule has 0 aliphatic carbocycles. The van der Waals surface area contributed by atoms with Crippen molar-refractivity contribution in [3.05, 3.63) is 0 Å². The summed E-state index contributed by atoms with van der Waals surface area (Å²) in [4.78, 5) is 0. The molecule has 0 aliphatic heterocycles. The second kappa shape index (κ2) is 3.67. The summed E-state index contributed by atoms with van der Waals surface area (Å²) in [5, 5.41) is 3.40. The molecule has 0 aliphatic rings. The summed E-state index contributed by atoms with van der Waals surface area (Å²) in [6, 6.07) is 0. The zero-order valence-electron chi connectivity index (χ0n) is 5.86. The Kier molecular flexibility index (Phi) is 4.00. The van der Waals surface area contributed by atoms with Gasteiger partial charge in [0.2, 0.25) is 0 Å². The average Bonchev–Trinajstić information content (AvgIpc) is 1.59. The standard InChI is InChI=1S/C6H14N.Ta/c1-5-7-6(2,3)4;/h7H,1,5H2,2-4H3;. The molecular weight excluding hydrogens is 267 g/mol. The van der Waals surface area contributed by atoms with E-state index in [1.807, 2.05) is 0 Å². The van der Waals surface area contributed by atoms with Crippen LogP contribution in [-0.2, 0) is 21.1 Å². The zero-order chi connectivity index (χ0) is 6.62. The van der Waals surface area contributed by atoms with Crippen LogP contribution >= 0.6 is 0 Å². The first-order valence-electron chi connectivity index (χ1n) is 2.92. The summed E-state index contributed by atoms with van der Waals surface area (Å²) >= 11 is 1.49. The Balaban J connectivity index is 3.11. The monoisotopic (exact) mass is 281 g/mol. The summed E-state index contributed by atoms with van der Waals surface area (Å²) in [5.74, 6) is 0. The Hall–Kier alpha value is 0.700. The normalized spacial score (nSPS) is 11.9. The molecule has 0 bridgehead atoms. The third-order valence-electron chi connectivity index (χ3n) is 0.767. The van der Waals surface area contributed by atoms with Gasteiger partial charge in [0.25, 0.3) is 0 Å². The van der Waals surface area contributed by atoms with Gasteiger partial charge in [0, 0.05) is 0 Å². The molecule has 1 nitrogen and oxygen atoms in total. The third kappa shape index (κ3) is 6.70. The zero-order valence-corrected chi connectivity index (χ0v) is 9.07. The molecule has 0 aromatic heterocycles. The van der Waals surface area contributed by atoms with E-state index in [0.717, 1.165) is 0 Å². The maximum atomic E-state index is 3.40. The van der Waals surface area contributed by atoms with Crippen LogP contribution in [0.15, 0.2) is 0 Å². The van der Waals surface area contributed by atoms with Gasteiger partial charge in [-0.3, -0.25) is 0 Å². The van der Waals surface area contributed by atoms with Crippen LogP contribution < -0.4 is 5.32 Å². The molecule has 0 rings (SSSR count). The fraction of sp³-hybridized carbons (Fsp3) is 1.00. The van der Waals surface area contributed by atoms with E-state index in [-0.39, 0.29) is 0 Å². The van der Waals surface area contributed by atoms with Crippen molar-refractivity contribution in [1.29, 1.82) is 0 Å². The first kappa shape index (κ1) is 8.70. The van der Waals surface area contributed by atoms with Gasteiger partial charge in [-0.05, 0) is 0 Å². The van der Waals surface area contributed by atoms with E-state index in [9.17, 15) is 0 Å². The van der Waals surface area contributed by atoms with Gasteiger partial charge in [-0.1, -0.05) is 0 Å². The predicted octanol–water partition coefficient (Wildman–Crippen LogP) is 1.34. The van der Waals surface area contributed by atoms with Crippen LogP contribution in [0.25, 0.3) is 0 Å². The van der Waals surface area contributed by atoms with E-state index in [0.29, 0.717) is 5.54 Å². The molecule has 0 saturated heterocycles. The van der Waals surface area contributed by atoms with E-state index < -0.39 is 0 Å². The molecule has 0 amide bonds. The summed E-state index contributed by atoms with van der Waals surface area (Å²) in [6.45, 7) is 7.76. The van der Waals surface area contributed by atoms with E-state index in [1.54, 1.807) is 0 Å². The molecule has 0 aromatic rings. The van der Waals surface area contributed by atoms with Gasteiger partial charge in [-0.15, -0.1) is 0 Å². The average molecular weight is 281 g/mol. The minimum absolute atomic E-state index is 0.319. The van der Waals surface area contributed by atoms with Gasteiger partial charge >= 0.3 is 63.9 Å². The van der Waals surface area contributed by atoms with E-state index in [1.165, 1.54) is 32.3 Å². The van der Waals surface area contributed by atoms with Crippen LogP contribution in [0.3, 0.4) is 0 Å². The van der Waals surface area contributed by atoms with Crippen LogP contribution in [0.4, 0.5) is 0 Å². The van der Waals surface area contributed by atoms with Crippen molar-refractivity contribution >= 4 is 0 Å². The van der Waals surface area contributed by atoms with E-state index in [2.05, 4.69) is 26.1 Å². The third-order valence-corrected chi connectivity index (χ3v) is 1.57. The molecule has 0 fully saturated rings. The van der Waals surface area contributed by atoms with Crippen molar-refractivity contribution in [1.82, 2.24) is 5.32 Å². The number of hydrogen-bond acceptors (Lipinski definition) is 1. The summed E-state index contributed by atoms with van der Waals surface area (Å²) < 4.78 is 1.33. The quantitative estimate of drug-likeness (QED) is 0.805. The van der Waals surface area contributed by atoms with Crippen molar-refractivity contribution < 1.29 is 21.1 Å². The fourth-order valence-electron chi connectivity index (χ4n) is 0.431. The molecule has 0 atom stereocenters. The molecule has 0 heterocycles. The summed E-state index contributed by atoms with van der Waals surface area (Å²) in [6.07, 6.45) is 0. The number of nitrogens with one attached hydrogen (secondary N) is 1. The number of hydrogen-bond donors (Lipinski definition) is 1. The molecule has 1 N–H and O–H groups in total. The topological polar surface area (TPSA) is 12.0 Å². The molecule has 8 heavy (non-hydrogen) atoms. The van der Waals surface area contributed by atoms with Crippen molar-refractivity contribution in [2.75, 3.05) is 6.54 Å². The predicted molar refractivity (Wildman–Crippen MR) is 32.6 cm³/mol. The Morgan fingerprint density at radius 2 is 1.88 bits per heavy atom. The second-order valence-corrected chi connectivity index (χ2v) is 4.51. The molecule has 0 unspecified atom stereocenters. The van der Waals surface area contributed by atoms with Gasteiger partial charge in [-0.2, -0.15) is 0 Å². The van der Waals surface area contributed by atoms with Crippen molar-refractivity contribution in [2.24, 2.45) is 0 Å². The molecule has 0 radical (unpaired) electrons. The summed E-state index contributed by atoms with van der Waals surface area (Å²) in [5.41, 5.74) is 0.319. The Morgan fingerprint density at radius 3 is 2.00 bits per heavy atom. The van der Waals surface area contributed by atoms with E-state index >= 15 is 0 Å². The molecule has 0 saturated carbocycles. The Labute approximate surface area is 64.1 Å². The van der Waals surface area contributed by atoms with E-state index in [4.69, 9.17) is 0 Å². The maximum absolute atomic E-state index is 3.40. The van der Waals surface area contributed by atoms with Gasteiger partial charge in [0.1, 0.15) is 0 Å². The van der Waals surface area contributed by atoms with Crippen molar-refractivity contribution in [3.8, 4) is 0 Å². The van der Waals surface area contributed by atoms with Crippen molar-refractivity contribution in [2.45, 2.75) is 30.9 Å². The first-order chi connectivity index (χ1) is 3.56.